The van der Waals surface area contributed by atoms with Gasteiger partial charge < -0.3 is 5.11 Å². The minimum absolute atomic E-state index is 0.0881. The minimum Gasteiger partial charge on any atom is -0.389 e. The van der Waals surface area contributed by atoms with Crippen LogP contribution in [-0.2, 0) is 16.4 Å². The molecule has 0 aromatic heterocycles. The highest BCUT2D eigenvalue weighted by molar-refractivity contribution is 7.92. The quantitative estimate of drug-likeness (QED) is 0.503. The van der Waals surface area contributed by atoms with Crippen molar-refractivity contribution in [3.05, 3.63) is 109 Å². The molecule has 0 saturated heterocycles. The molecule has 0 unspecified atom stereocenters. The van der Waals surface area contributed by atoms with Gasteiger partial charge in [-0.05, 0) is 54.2 Å². The summed E-state index contributed by atoms with van der Waals surface area (Å²) in [6.45, 7) is 3.67. The summed E-state index contributed by atoms with van der Waals surface area (Å²) in [5.74, 6) is 0.0881. The van der Waals surface area contributed by atoms with Gasteiger partial charge in [-0.25, -0.2) is 8.42 Å². The van der Waals surface area contributed by atoms with E-state index in [0.717, 1.165) is 12.0 Å². The van der Waals surface area contributed by atoms with Crippen molar-refractivity contribution in [1.29, 1.82) is 0 Å². The summed E-state index contributed by atoms with van der Waals surface area (Å²) in [6.07, 6.45) is 2.27. The third-order valence-electron chi connectivity index (χ3n) is 4.81. The lowest BCUT2D eigenvalue weighted by atomic mass is 9.87. The van der Waals surface area contributed by atoms with Gasteiger partial charge in [0.25, 0.3) is 10.0 Å². The number of anilines is 1. The Morgan fingerprint density at radius 1 is 0.897 bits per heavy atom. The van der Waals surface area contributed by atoms with Crippen LogP contribution in [0, 0.1) is 0 Å². The molecule has 2 atom stereocenters. The van der Waals surface area contributed by atoms with Crippen LogP contribution in [0.25, 0.3) is 0 Å². The number of sulfonamides is 1. The highest BCUT2D eigenvalue weighted by Gasteiger charge is 2.17. The first-order valence-corrected chi connectivity index (χ1v) is 11.0. The van der Waals surface area contributed by atoms with E-state index >= 15 is 0 Å². The molecular formula is C24H25NO3S. The molecule has 3 aromatic carbocycles. The van der Waals surface area contributed by atoms with Gasteiger partial charge in [-0.15, -0.1) is 6.58 Å². The summed E-state index contributed by atoms with van der Waals surface area (Å²) in [4.78, 5) is 0.222. The number of benzene rings is 3. The van der Waals surface area contributed by atoms with Crippen molar-refractivity contribution in [2.75, 3.05) is 4.72 Å². The van der Waals surface area contributed by atoms with Gasteiger partial charge in [0.15, 0.2) is 0 Å². The van der Waals surface area contributed by atoms with Gasteiger partial charge in [0.1, 0.15) is 0 Å². The first kappa shape index (κ1) is 20.8. The lowest BCUT2D eigenvalue weighted by molar-refractivity contribution is 0.201. The highest BCUT2D eigenvalue weighted by atomic mass is 32.2. The second-order valence-electron chi connectivity index (χ2n) is 6.97. The molecule has 0 heterocycles. The van der Waals surface area contributed by atoms with Gasteiger partial charge in [0.05, 0.1) is 11.0 Å². The van der Waals surface area contributed by atoms with Crippen LogP contribution >= 0.6 is 0 Å². The summed E-state index contributed by atoms with van der Waals surface area (Å²) in [7, 11) is -3.62. The maximum Gasteiger partial charge on any atom is 0.261 e. The predicted octanol–water partition coefficient (Wildman–Crippen LogP) is 4.75. The summed E-state index contributed by atoms with van der Waals surface area (Å²) >= 11 is 0. The van der Waals surface area contributed by atoms with E-state index in [2.05, 4.69) is 23.4 Å². The standard InChI is InChI=1S/C24H25NO3S/c1-2-23(26)18-21(17-19-9-5-3-6-10-19)20-13-15-22(16-14-20)25-29(27,28)24-11-7-4-8-12-24/h2-16,21,23,25-26H,1,17-18H2/t21-,23+/m0/s1. The fourth-order valence-electron chi connectivity index (χ4n) is 3.26. The molecule has 2 N–H and O–H groups in total. The van der Waals surface area contributed by atoms with Gasteiger partial charge in [-0.1, -0.05) is 66.7 Å². The van der Waals surface area contributed by atoms with Crippen molar-refractivity contribution >= 4 is 15.7 Å². The number of rotatable bonds is 9. The summed E-state index contributed by atoms with van der Waals surface area (Å²) < 4.78 is 27.6. The van der Waals surface area contributed by atoms with Crippen molar-refractivity contribution in [2.24, 2.45) is 0 Å². The van der Waals surface area contributed by atoms with Crippen molar-refractivity contribution in [1.82, 2.24) is 0 Å². The summed E-state index contributed by atoms with van der Waals surface area (Å²) in [6, 6.07) is 25.7. The fraction of sp³-hybridized carbons (Fsp3) is 0.167. The summed E-state index contributed by atoms with van der Waals surface area (Å²) in [5, 5.41) is 10.1. The van der Waals surface area contributed by atoms with Gasteiger partial charge in [0, 0.05) is 5.69 Å². The van der Waals surface area contributed by atoms with E-state index in [-0.39, 0.29) is 10.8 Å². The molecule has 3 aromatic rings. The average molecular weight is 408 g/mol. The van der Waals surface area contributed by atoms with Crippen molar-refractivity contribution in [2.45, 2.75) is 29.8 Å². The van der Waals surface area contributed by atoms with Gasteiger partial charge in [-0.2, -0.15) is 0 Å². The van der Waals surface area contributed by atoms with Crippen molar-refractivity contribution in [3.63, 3.8) is 0 Å². The van der Waals surface area contributed by atoms with Crippen LogP contribution in [0.5, 0.6) is 0 Å². The predicted molar refractivity (Wildman–Crippen MR) is 117 cm³/mol. The Bertz CT molecular complexity index is 1020. The Morgan fingerprint density at radius 2 is 1.48 bits per heavy atom. The van der Waals surface area contributed by atoms with E-state index in [0.29, 0.717) is 12.1 Å². The molecule has 0 fully saturated rings. The SMILES string of the molecule is C=C[C@@H](O)C[C@H](Cc1ccccc1)c1ccc(NS(=O)(=O)c2ccccc2)cc1. The van der Waals surface area contributed by atoms with Gasteiger partial charge in [-0.3, -0.25) is 4.72 Å². The number of aliphatic hydroxyl groups is 1. The number of hydrogen-bond donors (Lipinski definition) is 2. The van der Waals surface area contributed by atoms with Gasteiger partial charge >= 0.3 is 0 Å². The molecule has 0 aliphatic rings. The molecule has 0 radical (unpaired) electrons. The van der Waals surface area contributed by atoms with Gasteiger partial charge in [0.2, 0.25) is 0 Å². The van der Waals surface area contributed by atoms with E-state index in [1.807, 2.05) is 30.3 Å². The first-order valence-electron chi connectivity index (χ1n) is 9.50. The second kappa shape index (κ2) is 9.54. The molecule has 0 aliphatic heterocycles. The lowest BCUT2D eigenvalue weighted by Gasteiger charge is -2.20. The third kappa shape index (κ3) is 5.79. The van der Waals surface area contributed by atoms with Crippen LogP contribution < -0.4 is 4.72 Å². The van der Waals surface area contributed by atoms with Crippen LogP contribution in [0.3, 0.4) is 0 Å². The molecule has 0 saturated carbocycles. The zero-order valence-corrected chi connectivity index (χ0v) is 16.9. The number of nitrogens with one attached hydrogen (secondary N) is 1. The summed E-state index contributed by atoms with van der Waals surface area (Å²) in [5.41, 5.74) is 2.72. The Morgan fingerprint density at radius 3 is 2.07 bits per heavy atom. The van der Waals surface area contributed by atoms with Crippen LogP contribution in [0.4, 0.5) is 5.69 Å². The topological polar surface area (TPSA) is 66.4 Å². The Labute approximate surface area is 172 Å². The highest BCUT2D eigenvalue weighted by Crippen LogP contribution is 2.28. The number of hydrogen-bond acceptors (Lipinski definition) is 3. The van der Waals surface area contributed by atoms with Crippen LogP contribution in [0.1, 0.15) is 23.5 Å². The molecule has 5 heteroatoms. The Balaban J connectivity index is 1.78. The normalized spacial score (nSPS) is 13.4. The molecule has 3 rings (SSSR count). The van der Waals surface area contributed by atoms with E-state index in [4.69, 9.17) is 0 Å². The first-order chi connectivity index (χ1) is 14.0. The van der Waals surface area contributed by atoms with Crippen LogP contribution in [-0.4, -0.2) is 19.6 Å². The van der Waals surface area contributed by atoms with E-state index in [1.54, 1.807) is 48.5 Å². The molecule has 0 aliphatic carbocycles. The molecule has 150 valence electrons. The second-order valence-corrected chi connectivity index (χ2v) is 8.65. The maximum atomic E-state index is 12.5. The molecule has 0 bridgehead atoms. The van der Waals surface area contributed by atoms with Crippen molar-refractivity contribution in [3.8, 4) is 0 Å². The van der Waals surface area contributed by atoms with E-state index in [1.165, 1.54) is 5.56 Å². The Kier molecular flexibility index (Phi) is 6.86. The fourth-order valence-corrected chi connectivity index (χ4v) is 4.34. The minimum atomic E-state index is -3.62. The lowest BCUT2D eigenvalue weighted by Crippen LogP contribution is -2.14. The molecule has 0 spiro atoms. The Hall–Kier alpha value is -2.89. The zero-order valence-electron chi connectivity index (χ0n) is 16.1. The third-order valence-corrected chi connectivity index (χ3v) is 6.21. The molecule has 4 nitrogen and oxygen atoms in total. The average Bonchev–Trinajstić information content (AvgIpc) is 2.75. The molecular weight excluding hydrogens is 382 g/mol. The number of aliphatic hydroxyl groups excluding tert-OH is 1. The largest absolute Gasteiger partial charge is 0.389 e. The molecule has 29 heavy (non-hydrogen) atoms. The molecule has 0 amide bonds. The van der Waals surface area contributed by atoms with Crippen molar-refractivity contribution < 1.29 is 13.5 Å². The van der Waals surface area contributed by atoms with E-state index < -0.39 is 16.1 Å². The van der Waals surface area contributed by atoms with Crippen LogP contribution in [0.2, 0.25) is 0 Å². The smallest absolute Gasteiger partial charge is 0.261 e. The van der Waals surface area contributed by atoms with E-state index in [9.17, 15) is 13.5 Å². The maximum absolute atomic E-state index is 12.5. The van der Waals surface area contributed by atoms with Crippen LogP contribution in [0.15, 0.2) is 102 Å². The monoisotopic (exact) mass is 407 g/mol. The zero-order chi connectivity index (χ0) is 20.7.